The maximum Gasteiger partial charge on any atom is 0.231 e. The van der Waals surface area contributed by atoms with Crippen LogP contribution in [0, 0.1) is 11.6 Å². The number of ether oxygens (including phenoxy) is 1. The summed E-state index contributed by atoms with van der Waals surface area (Å²) in [6.45, 7) is 1.92. The lowest BCUT2D eigenvalue weighted by atomic mass is 10.1. The van der Waals surface area contributed by atoms with Gasteiger partial charge in [0.1, 0.15) is 17.2 Å². The first-order valence-electron chi connectivity index (χ1n) is 5.97. The summed E-state index contributed by atoms with van der Waals surface area (Å²) in [5.74, 6) is -0.806. The van der Waals surface area contributed by atoms with Crippen molar-refractivity contribution in [2.24, 2.45) is 5.73 Å². The second-order valence-electron chi connectivity index (χ2n) is 4.77. The van der Waals surface area contributed by atoms with E-state index < -0.39 is 17.2 Å². The van der Waals surface area contributed by atoms with E-state index in [1.165, 1.54) is 19.2 Å². The quantitative estimate of drug-likeness (QED) is 0.905. The van der Waals surface area contributed by atoms with Gasteiger partial charge in [-0.15, -0.1) is 0 Å². The topological polar surface area (TPSA) is 74.2 Å². The van der Waals surface area contributed by atoms with E-state index in [9.17, 15) is 8.78 Å². The third kappa shape index (κ3) is 3.17. The number of benzene rings is 1. The van der Waals surface area contributed by atoms with Gasteiger partial charge in [0, 0.05) is 13.2 Å². The SMILES string of the molecule is COCC(C)(N)c1noc(Cc2ccc(F)cc2F)n1. The smallest absolute Gasteiger partial charge is 0.231 e. The van der Waals surface area contributed by atoms with Crippen LogP contribution in [0.5, 0.6) is 0 Å². The van der Waals surface area contributed by atoms with Crippen LogP contribution in [0.4, 0.5) is 8.78 Å². The number of methoxy groups -OCH3 is 1. The summed E-state index contributed by atoms with van der Waals surface area (Å²) in [4.78, 5) is 4.12. The van der Waals surface area contributed by atoms with E-state index in [2.05, 4.69) is 10.1 Å². The molecule has 1 unspecified atom stereocenters. The van der Waals surface area contributed by atoms with Crippen molar-refractivity contribution in [1.82, 2.24) is 10.1 Å². The zero-order valence-corrected chi connectivity index (χ0v) is 11.2. The van der Waals surface area contributed by atoms with Gasteiger partial charge < -0.3 is 15.0 Å². The predicted molar refractivity (Wildman–Crippen MR) is 66.9 cm³/mol. The third-order valence-electron chi connectivity index (χ3n) is 2.78. The van der Waals surface area contributed by atoms with Crippen LogP contribution in [0.2, 0.25) is 0 Å². The zero-order chi connectivity index (χ0) is 14.8. The Hall–Kier alpha value is -1.86. The molecular formula is C13H15F2N3O2. The Labute approximate surface area is 114 Å². The van der Waals surface area contributed by atoms with Crippen LogP contribution >= 0.6 is 0 Å². The van der Waals surface area contributed by atoms with Gasteiger partial charge in [-0.25, -0.2) is 8.78 Å². The second kappa shape index (κ2) is 5.64. The van der Waals surface area contributed by atoms with Crippen LogP contribution in [0.15, 0.2) is 22.7 Å². The van der Waals surface area contributed by atoms with Gasteiger partial charge in [0.2, 0.25) is 5.89 Å². The van der Waals surface area contributed by atoms with Crippen LogP contribution in [0.1, 0.15) is 24.2 Å². The molecule has 0 aliphatic carbocycles. The highest BCUT2D eigenvalue weighted by Crippen LogP contribution is 2.17. The highest BCUT2D eigenvalue weighted by atomic mass is 19.1. The first-order chi connectivity index (χ1) is 9.42. The lowest BCUT2D eigenvalue weighted by Crippen LogP contribution is -2.39. The fourth-order valence-corrected chi connectivity index (χ4v) is 1.75. The Bertz CT molecular complexity index is 599. The molecule has 2 aromatic rings. The highest BCUT2D eigenvalue weighted by Gasteiger charge is 2.27. The van der Waals surface area contributed by atoms with Gasteiger partial charge in [-0.1, -0.05) is 11.2 Å². The number of halogens is 2. The summed E-state index contributed by atoms with van der Waals surface area (Å²) in [6.07, 6.45) is 0.0716. The minimum Gasteiger partial charge on any atom is -0.382 e. The number of aromatic nitrogens is 2. The number of hydrogen-bond acceptors (Lipinski definition) is 5. The third-order valence-corrected chi connectivity index (χ3v) is 2.78. The molecule has 0 aliphatic heterocycles. The van der Waals surface area contributed by atoms with Gasteiger partial charge in [0.25, 0.3) is 0 Å². The number of rotatable bonds is 5. The van der Waals surface area contributed by atoms with E-state index in [4.69, 9.17) is 15.0 Å². The van der Waals surface area contributed by atoms with Gasteiger partial charge in [0.15, 0.2) is 5.82 Å². The van der Waals surface area contributed by atoms with E-state index in [0.717, 1.165) is 6.07 Å². The van der Waals surface area contributed by atoms with Gasteiger partial charge in [-0.05, 0) is 18.6 Å². The van der Waals surface area contributed by atoms with Crippen LogP contribution in [-0.2, 0) is 16.7 Å². The predicted octanol–water partition coefficient (Wildman–Crippen LogP) is 1.76. The molecule has 2 N–H and O–H groups in total. The molecule has 108 valence electrons. The largest absolute Gasteiger partial charge is 0.382 e. The maximum atomic E-state index is 13.5. The second-order valence-corrected chi connectivity index (χ2v) is 4.77. The van der Waals surface area contributed by atoms with E-state index in [1.54, 1.807) is 6.92 Å². The molecule has 20 heavy (non-hydrogen) atoms. The first-order valence-corrected chi connectivity index (χ1v) is 5.97. The molecule has 0 aliphatic rings. The Morgan fingerprint density at radius 3 is 2.80 bits per heavy atom. The molecule has 1 atom stereocenters. The molecule has 7 heteroatoms. The fraction of sp³-hybridized carbons (Fsp3) is 0.385. The van der Waals surface area contributed by atoms with Crippen LogP contribution in [0.3, 0.4) is 0 Å². The molecule has 0 spiro atoms. The molecule has 1 aromatic carbocycles. The van der Waals surface area contributed by atoms with Gasteiger partial charge in [-0.3, -0.25) is 0 Å². The first kappa shape index (κ1) is 14.5. The Morgan fingerprint density at radius 2 is 2.15 bits per heavy atom. The summed E-state index contributed by atoms with van der Waals surface area (Å²) in [5.41, 5.74) is 5.35. The number of nitrogens with two attached hydrogens (primary N) is 1. The van der Waals surface area contributed by atoms with E-state index in [1.807, 2.05) is 0 Å². The molecule has 0 radical (unpaired) electrons. The average Bonchev–Trinajstić information content (AvgIpc) is 2.82. The van der Waals surface area contributed by atoms with E-state index >= 15 is 0 Å². The monoisotopic (exact) mass is 283 g/mol. The summed E-state index contributed by atoms with van der Waals surface area (Å²) in [5, 5.41) is 3.76. The molecular weight excluding hydrogens is 268 g/mol. The van der Waals surface area contributed by atoms with Crippen molar-refractivity contribution >= 4 is 0 Å². The van der Waals surface area contributed by atoms with Crippen LogP contribution in [0.25, 0.3) is 0 Å². The Kier molecular flexibility index (Phi) is 4.10. The van der Waals surface area contributed by atoms with Gasteiger partial charge in [0.05, 0.1) is 13.0 Å². The molecule has 5 nitrogen and oxygen atoms in total. The lowest BCUT2D eigenvalue weighted by molar-refractivity contribution is 0.135. The molecule has 0 fully saturated rings. The van der Waals surface area contributed by atoms with Crippen molar-refractivity contribution in [1.29, 1.82) is 0 Å². The Morgan fingerprint density at radius 1 is 1.40 bits per heavy atom. The summed E-state index contributed by atoms with van der Waals surface area (Å²) in [6, 6.07) is 3.32. The van der Waals surface area contributed by atoms with Gasteiger partial charge in [-0.2, -0.15) is 4.98 Å². The van der Waals surface area contributed by atoms with Crippen LogP contribution in [-0.4, -0.2) is 23.9 Å². The summed E-state index contributed by atoms with van der Waals surface area (Å²) >= 11 is 0. The van der Waals surface area contributed by atoms with Crippen molar-refractivity contribution in [3.05, 3.63) is 47.1 Å². The standard InChI is InChI=1S/C13H15F2N3O2/c1-13(16,7-19-2)12-17-11(20-18-12)5-8-3-4-9(14)6-10(8)15/h3-4,6H,5,7,16H2,1-2H3. The van der Waals surface area contributed by atoms with Crippen molar-refractivity contribution in [2.75, 3.05) is 13.7 Å². The normalized spacial score (nSPS) is 14.2. The highest BCUT2D eigenvalue weighted by molar-refractivity contribution is 5.21. The molecule has 0 bridgehead atoms. The summed E-state index contributed by atoms with van der Waals surface area (Å²) < 4.78 is 36.3. The number of hydrogen-bond donors (Lipinski definition) is 1. The fourth-order valence-electron chi connectivity index (χ4n) is 1.75. The van der Waals surface area contributed by atoms with E-state index in [0.29, 0.717) is 0 Å². The lowest BCUT2D eigenvalue weighted by Gasteiger charge is -2.18. The van der Waals surface area contributed by atoms with Crippen LogP contribution < -0.4 is 5.73 Å². The molecule has 2 rings (SSSR count). The van der Waals surface area contributed by atoms with Gasteiger partial charge >= 0.3 is 0 Å². The summed E-state index contributed by atoms with van der Waals surface area (Å²) in [7, 11) is 1.51. The average molecular weight is 283 g/mol. The van der Waals surface area contributed by atoms with Crippen molar-refractivity contribution in [3.8, 4) is 0 Å². The minimum absolute atomic E-state index is 0.0716. The van der Waals surface area contributed by atoms with Crippen molar-refractivity contribution < 1.29 is 18.0 Å². The minimum atomic E-state index is -0.891. The Balaban J connectivity index is 2.17. The van der Waals surface area contributed by atoms with Crippen molar-refractivity contribution in [3.63, 3.8) is 0 Å². The zero-order valence-electron chi connectivity index (χ0n) is 11.2. The van der Waals surface area contributed by atoms with Crippen molar-refractivity contribution in [2.45, 2.75) is 18.9 Å². The maximum absolute atomic E-state index is 13.5. The van der Waals surface area contributed by atoms with E-state index in [-0.39, 0.29) is 30.3 Å². The molecule has 0 saturated carbocycles. The molecule has 1 heterocycles. The number of nitrogens with zero attached hydrogens (tertiary/aromatic N) is 2. The molecule has 0 amide bonds. The molecule has 0 saturated heterocycles. The molecule has 1 aromatic heterocycles.